The summed E-state index contributed by atoms with van der Waals surface area (Å²) in [6.07, 6.45) is 0. The Morgan fingerprint density at radius 3 is 0.667 bits per heavy atom. The van der Waals surface area contributed by atoms with Gasteiger partial charge in [-0.1, -0.05) is 0 Å². The van der Waals surface area contributed by atoms with E-state index in [0.717, 1.165) is 0 Å². The molecular weight excluding hydrogens is 313 g/mol. The van der Waals surface area contributed by atoms with E-state index in [9.17, 15) is 0 Å². The van der Waals surface area contributed by atoms with Crippen molar-refractivity contribution in [2.75, 3.05) is 0 Å². The third-order valence-corrected chi connectivity index (χ3v) is 0. The topological polar surface area (TPSA) is 195 Å². The maximum absolute atomic E-state index is 8.59. The minimum Gasteiger partial charge on any atom is 2.00 e. The zero-order chi connectivity index (χ0) is 9.00. The summed E-state index contributed by atoms with van der Waals surface area (Å²) < 4.78 is 68.8. The maximum atomic E-state index is 8.59. The fraction of sp³-hybridized carbons (Fsp3) is 0. The zero-order valence-corrected chi connectivity index (χ0v) is 11.0. The van der Waals surface area contributed by atoms with Gasteiger partial charge in [0.05, 0.1) is 0 Å². The zero-order valence-electron chi connectivity index (χ0n) is 5.50. The summed E-state index contributed by atoms with van der Waals surface area (Å²) in [6, 6.07) is 0. The molecule has 72 valence electrons. The smallest absolute Gasteiger partial charge is 2.00 e. The van der Waals surface area contributed by atoms with Gasteiger partial charge in [0.2, 0.25) is 0 Å². The molecule has 0 spiro atoms. The second-order valence-corrected chi connectivity index (χ2v) is 3.37. The van der Waals surface area contributed by atoms with Gasteiger partial charge in [0.15, 0.2) is 0 Å². The van der Waals surface area contributed by atoms with Crippen molar-refractivity contribution >= 4 is 0 Å². The van der Waals surface area contributed by atoms with Crippen molar-refractivity contribution in [2.24, 2.45) is 0 Å². The Hall–Kier alpha value is 0.688. The molecule has 0 radical (unpaired) electrons. The van der Waals surface area contributed by atoms with Gasteiger partial charge in [0.1, 0.15) is 0 Å². The molecular formula is H4Cr2O9Zn. The first-order valence-corrected chi connectivity index (χ1v) is 5.50. The predicted molar refractivity (Wildman–Crippen MR) is 9.01 cm³/mol. The molecule has 0 aliphatic carbocycles. The third kappa shape index (κ3) is 2120. The van der Waals surface area contributed by atoms with Crippen LogP contribution in [0.25, 0.3) is 0 Å². The standard InChI is InChI=1S/2Cr.H4O.8O.Zn/h;;1H4;;;;;;;;;/q;;+2;;;;;4*-1;+2. The first-order valence-electron chi connectivity index (χ1n) is 1.33. The minimum absolute atomic E-state index is 0. The summed E-state index contributed by atoms with van der Waals surface area (Å²) in [5.41, 5.74) is 0. The van der Waals surface area contributed by atoms with Gasteiger partial charge in [0, 0.05) is 0 Å². The molecule has 0 unspecified atom stereocenters. The summed E-state index contributed by atoms with van der Waals surface area (Å²) in [6.45, 7) is 0. The van der Waals surface area contributed by atoms with Crippen molar-refractivity contribution in [3.05, 3.63) is 0 Å². The number of rotatable bonds is 0. The van der Waals surface area contributed by atoms with Crippen LogP contribution < -0.4 is 16.6 Å². The second-order valence-electron chi connectivity index (χ2n) is 0.816. The van der Waals surface area contributed by atoms with Gasteiger partial charge >= 0.3 is 78.6 Å². The third-order valence-electron chi connectivity index (χ3n) is 0. The van der Waals surface area contributed by atoms with E-state index in [4.69, 9.17) is 31.8 Å². The molecule has 12 heavy (non-hydrogen) atoms. The average Bonchev–Trinajstić information content (AvgIpc) is 1.12. The molecule has 0 heterocycles. The van der Waals surface area contributed by atoms with Crippen LogP contribution in [0.5, 0.6) is 0 Å². The molecule has 0 atom stereocenters. The van der Waals surface area contributed by atoms with Crippen LogP contribution in [0.4, 0.5) is 0 Å². The van der Waals surface area contributed by atoms with E-state index in [0.29, 0.717) is 0 Å². The summed E-state index contributed by atoms with van der Waals surface area (Å²) in [7, 11) is 0. The predicted octanol–water partition coefficient (Wildman–Crippen LogP) is -6.43. The van der Waals surface area contributed by atoms with Crippen LogP contribution in [0.3, 0.4) is 0 Å². The Labute approximate surface area is 83.9 Å². The summed E-state index contributed by atoms with van der Waals surface area (Å²) >= 11 is -11.5. The normalized spacial score (nSPS) is 9.67. The molecule has 0 saturated carbocycles. The Bertz CT molecular complexity index is 209. The van der Waals surface area contributed by atoms with Crippen molar-refractivity contribution < 1.29 is 84.0 Å². The molecule has 0 aromatic heterocycles. The van der Waals surface area contributed by atoms with Crippen molar-refractivity contribution in [1.82, 2.24) is 0 Å². The SMILES string of the molecule is [OH4+2].[O]=[Cr](=[O])([O-])[O-].[O]=[Cr](=[O])([O-])[O-].[Zn+2]. The Balaban J connectivity index is -0.0000000457. The fourth-order valence-electron chi connectivity index (χ4n) is 0. The molecule has 0 rings (SSSR count). The minimum atomic E-state index is -5.75. The first kappa shape index (κ1) is 23.0. The van der Waals surface area contributed by atoms with E-state index in [1.165, 1.54) is 0 Å². The molecule has 0 aromatic carbocycles. The Morgan fingerprint density at radius 2 is 0.667 bits per heavy atom. The van der Waals surface area contributed by atoms with Crippen molar-refractivity contribution in [1.29, 1.82) is 0 Å². The fourth-order valence-corrected chi connectivity index (χ4v) is 0. The molecule has 9 nitrogen and oxygen atoms in total. The monoisotopic (exact) mass is 316 g/mol. The van der Waals surface area contributed by atoms with E-state index < -0.39 is 27.2 Å². The molecule has 0 saturated heterocycles. The van der Waals surface area contributed by atoms with E-state index in [-0.39, 0.29) is 25.0 Å². The van der Waals surface area contributed by atoms with Crippen LogP contribution in [-0.4, -0.2) is 0 Å². The molecule has 0 aliphatic rings. The van der Waals surface area contributed by atoms with Crippen LogP contribution in [0.2, 0.25) is 0 Å². The average molecular weight is 317 g/mol. The summed E-state index contributed by atoms with van der Waals surface area (Å²) in [5, 5.41) is 0. The second kappa shape index (κ2) is 8.29. The summed E-state index contributed by atoms with van der Waals surface area (Å²) in [5.74, 6) is 0. The van der Waals surface area contributed by atoms with Crippen LogP contribution >= 0.6 is 0 Å². The molecule has 0 aliphatic heterocycles. The van der Waals surface area contributed by atoms with Crippen LogP contribution in [0.15, 0.2) is 0 Å². The van der Waals surface area contributed by atoms with Gasteiger partial charge in [-0.25, -0.2) is 0 Å². The van der Waals surface area contributed by atoms with E-state index in [2.05, 4.69) is 0 Å². The van der Waals surface area contributed by atoms with Gasteiger partial charge in [-0.3, -0.25) is 0 Å². The van der Waals surface area contributed by atoms with Crippen LogP contribution in [0, 0.1) is 0 Å². The van der Waals surface area contributed by atoms with Crippen molar-refractivity contribution in [3.63, 3.8) is 0 Å². The van der Waals surface area contributed by atoms with E-state index in [1.807, 2.05) is 0 Å². The van der Waals surface area contributed by atoms with E-state index in [1.54, 1.807) is 0 Å². The molecule has 0 aromatic rings. The Morgan fingerprint density at radius 1 is 0.667 bits per heavy atom. The van der Waals surface area contributed by atoms with Crippen LogP contribution in [-0.2, 0) is 67.4 Å². The van der Waals surface area contributed by atoms with Gasteiger partial charge < -0.3 is 5.48 Å². The van der Waals surface area contributed by atoms with Gasteiger partial charge in [-0.15, -0.1) is 0 Å². The number of hydrogen-bond acceptors (Lipinski definition) is 8. The largest absolute Gasteiger partial charge is 2.00 e. The van der Waals surface area contributed by atoms with Gasteiger partial charge in [-0.2, -0.15) is 0 Å². The first-order chi connectivity index (χ1) is 4.00. The van der Waals surface area contributed by atoms with Crippen molar-refractivity contribution in [3.8, 4) is 0 Å². The molecule has 4 N–H and O–H groups in total. The molecule has 0 amide bonds. The number of hydrogen-bond donors (Lipinski definition) is 0. The Kier molecular flexibility index (Phi) is 15.9. The van der Waals surface area contributed by atoms with Gasteiger partial charge in [0.25, 0.3) is 0 Å². The molecule has 0 bridgehead atoms. The van der Waals surface area contributed by atoms with E-state index >= 15 is 0 Å². The quantitative estimate of drug-likeness (QED) is 0.393. The van der Waals surface area contributed by atoms with Crippen molar-refractivity contribution in [2.45, 2.75) is 0 Å². The molecule has 12 heteroatoms. The van der Waals surface area contributed by atoms with Gasteiger partial charge in [-0.05, 0) is 0 Å². The van der Waals surface area contributed by atoms with Crippen LogP contribution in [0.1, 0.15) is 0 Å². The molecule has 0 fully saturated rings. The summed E-state index contributed by atoms with van der Waals surface area (Å²) in [4.78, 5) is 0. The maximum Gasteiger partial charge on any atom is 2.00 e.